The van der Waals surface area contributed by atoms with E-state index in [9.17, 15) is 9.59 Å². The second-order valence-electron chi connectivity index (χ2n) is 2.01. The maximum atomic E-state index is 10.3. The van der Waals surface area contributed by atoms with Crippen molar-refractivity contribution in [1.29, 1.82) is 0 Å². The van der Waals surface area contributed by atoms with Crippen molar-refractivity contribution in [1.82, 2.24) is 0 Å². The minimum atomic E-state index is -1.16. The molecule has 0 aliphatic rings. The average molecular weight is 198 g/mol. The first-order valence-corrected chi connectivity index (χ1v) is 3.22. The molecule has 0 rings (SSSR count). The van der Waals surface area contributed by atoms with Crippen LogP contribution in [0.4, 0.5) is 0 Å². The Balaban J connectivity index is 0. The van der Waals surface area contributed by atoms with Crippen molar-refractivity contribution in [3.63, 3.8) is 0 Å². The van der Waals surface area contributed by atoms with Crippen LogP contribution in [0.25, 0.3) is 0 Å². The van der Waals surface area contributed by atoms with Gasteiger partial charge in [-0.25, -0.2) is 4.79 Å². The summed E-state index contributed by atoms with van der Waals surface area (Å²) in [5.74, 6) is -2.28. The number of carbonyl (C=O) groups is 2. The fraction of sp³-hybridized carbons (Fsp3) is 0.429. The summed E-state index contributed by atoms with van der Waals surface area (Å²) in [6.07, 6.45) is 1.52. The molecule has 0 unspecified atom stereocenters. The number of rotatable bonds is 4. The normalized spacial score (nSPS) is 10.2. The summed E-state index contributed by atoms with van der Waals surface area (Å²) in [7, 11) is 0. The Bertz CT molecular complexity index is 198. The number of aliphatic carboxylic acids is 2. The molecule has 5 heteroatoms. The summed E-state index contributed by atoms with van der Waals surface area (Å²) in [6.45, 7) is 1.75. The molecule has 0 aromatic carbocycles. The Hall–Kier alpha value is 0.316. The van der Waals surface area contributed by atoms with Crippen LogP contribution in [0.5, 0.6) is 0 Å². The molecular weight excluding hydrogens is 187 g/mol. The van der Waals surface area contributed by atoms with E-state index in [2.05, 4.69) is 0 Å². The molecule has 12 heavy (non-hydrogen) atoms. The van der Waals surface area contributed by atoms with Gasteiger partial charge in [0, 0.05) is 5.57 Å². The van der Waals surface area contributed by atoms with E-state index in [-0.39, 0.29) is 57.0 Å². The first-order valence-electron chi connectivity index (χ1n) is 3.22. The van der Waals surface area contributed by atoms with Gasteiger partial charge in [-0.2, -0.15) is 0 Å². The summed E-state index contributed by atoms with van der Waals surface area (Å²) >= 11 is 0. The van der Waals surface area contributed by atoms with Gasteiger partial charge in [0.2, 0.25) is 0 Å². The van der Waals surface area contributed by atoms with E-state index in [1.165, 1.54) is 6.08 Å². The molecule has 0 amide bonds. The predicted octanol–water partition coefficient (Wildman–Crippen LogP) is 0.234. The molecule has 0 aromatic rings. The van der Waals surface area contributed by atoms with Crippen LogP contribution in [-0.4, -0.2) is 73.5 Å². The molecule has 0 heterocycles. The summed E-state index contributed by atoms with van der Waals surface area (Å²) in [4.78, 5) is 20.4. The van der Waals surface area contributed by atoms with Gasteiger partial charge in [-0.3, -0.25) is 4.79 Å². The predicted molar refractivity (Wildman–Crippen MR) is 45.4 cm³/mol. The molecule has 0 spiro atoms. The van der Waals surface area contributed by atoms with Crippen molar-refractivity contribution in [2.75, 3.05) is 0 Å². The van der Waals surface area contributed by atoms with Gasteiger partial charge in [-0.15, -0.1) is 0 Å². The molecule has 4 nitrogen and oxygen atoms in total. The third kappa shape index (κ3) is 6.99. The number of hydrogen-bond acceptors (Lipinski definition) is 2. The Morgan fingerprint density at radius 3 is 2.08 bits per heavy atom. The second kappa shape index (κ2) is 7.94. The molecule has 0 fully saturated rings. The van der Waals surface area contributed by atoms with E-state index in [0.29, 0.717) is 6.42 Å². The zero-order valence-electron chi connectivity index (χ0n) is 6.20. The number of allylic oxidation sites excluding steroid dienone is 1. The van der Waals surface area contributed by atoms with Crippen LogP contribution in [0, 0.1) is 0 Å². The van der Waals surface area contributed by atoms with E-state index >= 15 is 0 Å². The van der Waals surface area contributed by atoms with Gasteiger partial charge < -0.3 is 10.2 Å². The van der Waals surface area contributed by atoms with Crippen molar-refractivity contribution in [3.8, 4) is 0 Å². The van der Waals surface area contributed by atoms with Crippen LogP contribution in [0.1, 0.15) is 19.8 Å². The zero-order chi connectivity index (χ0) is 8.85. The summed E-state index contributed by atoms with van der Waals surface area (Å²) in [5.41, 5.74) is -0.0556. The van der Waals surface area contributed by atoms with Crippen LogP contribution in [-0.2, 0) is 9.59 Å². The molecule has 0 saturated heterocycles. The summed E-state index contributed by atoms with van der Waals surface area (Å²) in [6, 6.07) is 0. The Labute approximate surface area is 113 Å². The number of carboxylic acids is 2. The van der Waals surface area contributed by atoms with E-state index in [4.69, 9.17) is 10.2 Å². The van der Waals surface area contributed by atoms with Gasteiger partial charge >= 0.3 is 63.3 Å². The molecular formula is C7H11KO4. The monoisotopic (exact) mass is 198 g/mol. The summed E-state index contributed by atoms with van der Waals surface area (Å²) < 4.78 is 0. The third-order valence-corrected chi connectivity index (χ3v) is 1.07. The Kier molecular flexibility index (Phi) is 9.81. The van der Waals surface area contributed by atoms with Crippen molar-refractivity contribution >= 4 is 63.3 Å². The fourth-order valence-corrected chi connectivity index (χ4v) is 0.644. The number of carboxylic acid groups (broad SMARTS) is 2. The molecule has 0 aliphatic carbocycles. The number of hydrogen-bond donors (Lipinski definition) is 2. The second-order valence-corrected chi connectivity index (χ2v) is 2.01. The molecule has 0 aromatic heterocycles. The van der Waals surface area contributed by atoms with Gasteiger partial charge in [0.25, 0.3) is 0 Å². The first-order chi connectivity index (χ1) is 5.07. The molecule has 64 valence electrons. The fourth-order valence-electron chi connectivity index (χ4n) is 0.644. The van der Waals surface area contributed by atoms with Crippen LogP contribution in [0.2, 0.25) is 0 Å². The molecule has 0 bridgehead atoms. The van der Waals surface area contributed by atoms with Crippen molar-refractivity contribution in [3.05, 3.63) is 11.6 Å². The van der Waals surface area contributed by atoms with E-state index in [1.807, 2.05) is 0 Å². The maximum absolute atomic E-state index is 10.3. The van der Waals surface area contributed by atoms with Crippen LogP contribution in [0.15, 0.2) is 11.6 Å². The van der Waals surface area contributed by atoms with Crippen molar-refractivity contribution in [2.24, 2.45) is 0 Å². The quantitative estimate of drug-likeness (QED) is 0.501. The van der Waals surface area contributed by atoms with Gasteiger partial charge in [0.05, 0.1) is 6.42 Å². The van der Waals surface area contributed by atoms with Gasteiger partial charge in [-0.1, -0.05) is 13.0 Å². The van der Waals surface area contributed by atoms with E-state index in [1.54, 1.807) is 6.92 Å². The van der Waals surface area contributed by atoms with Gasteiger partial charge in [-0.05, 0) is 6.42 Å². The summed E-state index contributed by atoms with van der Waals surface area (Å²) in [5, 5.41) is 16.7. The SMILES string of the molecule is CCC=C(CC(=O)O)C(=O)O.[KH]. The van der Waals surface area contributed by atoms with Crippen molar-refractivity contribution in [2.45, 2.75) is 19.8 Å². The third-order valence-electron chi connectivity index (χ3n) is 1.07. The van der Waals surface area contributed by atoms with Gasteiger partial charge in [0.1, 0.15) is 0 Å². The standard InChI is InChI=1S/C7H10O4.K.H/c1-2-3-5(7(10)11)4-6(8)9;;/h3H,2,4H2,1H3,(H,8,9)(H,10,11);;. The zero-order valence-corrected chi connectivity index (χ0v) is 6.20. The van der Waals surface area contributed by atoms with Crippen LogP contribution < -0.4 is 0 Å². The van der Waals surface area contributed by atoms with Crippen LogP contribution in [0.3, 0.4) is 0 Å². The van der Waals surface area contributed by atoms with E-state index in [0.717, 1.165) is 0 Å². The Morgan fingerprint density at radius 1 is 1.33 bits per heavy atom. The molecule has 2 N–H and O–H groups in total. The minimum absolute atomic E-state index is 0. The molecule has 0 atom stereocenters. The molecule has 0 saturated carbocycles. The Morgan fingerprint density at radius 2 is 1.83 bits per heavy atom. The molecule has 0 aliphatic heterocycles. The van der Waals surface area contributed by atoms with Crippen LogP contribution >= 0.6 is 0 Å². The topological polar surface area (TPSA) is 74.6 Å². The average Bonchev–Trinajstić information content (AvgIpc) is 1.86. The van der Waals surface area contributed by atoms with E-state index < -0.39 is 18.4 Å². The molecule has 0 radical (unpaired) electrons. The van der Waals surface area contributed by atoms with Gasteiger partial charge in [0.15, 0.2) is 0 Å². The first kappa shape index (κ1) is 14.8. The van der Waals surface area contributed by atoms with Crippen molar-refractivity contribution < 1.29 is 19.8 Å².